The molecule has 3 aromatic heterocycles. The minimum Gasteiger partial charge on any atom is -0.340 e. The molecule has 0 atom stereocenters. The Morgan fingerprint density at radius 3 is 2.45 bits per heavy atom. The lowest BCUT2D eigenvalue weighted by Gasteiger charge is -2.10. The van der Waals surface area contributed by atoms with E-state index in [9.17, 15) is 8.42 Å². The fourth-order valence-corrected chi connectivity index (χ4v) is 5.13. The molecule has 0 bridgehead atoms. The third kappa shape index (κ3) is 4.39. The molecule has 2 N–H and O–H groups in total. The molecular weight excluding hydrogens is 432 g/mol. The van der Waals surface area contributed by atoms with Crippen molar-refractivity contribution in [3.63, 3.8) is 0 Å². The molecule has 0 saturated carbocycles. The van der Waals surface area contributed by atoms with Crippen LogP contribution in [0.1, 0.15) is 5.82 Å². The van der Waals surface area contributed by atoms with Crippen LogP contribution in [-0.2, 0) is 10.0 Å². The first-order valence-corrected chi connectivity index (χ1v) is 11.1. The molecule has 0 amide bonds. The zero-order valence-electron chi connectivity index (χ0n) is 15.1. The Morgan fingerprint density at radius 1 is 1.03 bits per heavy atom. The van der Waals surface area contributed by atoms with Crippen LogP contribution in [0.5, 0.6) is 0 Å². The second-order valence-electron chi connectivity index (χ2n) is 5.97. The first-order valence-electron chi connectivity index (χ1n) is 8.38. The predicted octanol–water partition coefficient (Wildman–Crippen LogP) is 4.23. The Bertz CT molecular complexity index is 1250. The van der Waals surface area contributed by atoms with Gasteiger partial charge in [-0.2, -0.15) is 0 Å². The van der Waals surface area contributed by atoms with Crippen LogP contribution in [0.3, 0.4) is 0 Å². The lowest BCUT2D eigenvalue weighted by atomic mass is 10.3. The second-order valence-corrected chi connectivity index (χ2v) is 9.60. The summed E-state index contributed by atoms with van der Waals surface area (Å²) < 4.78 is 29.7. The number of imidazole rings is 1. The molecule has 3 heterocycles. The Morgan fingerprint density at radius 2 is 1.79 bits per heavy atom. The number of halogens is 1. The third-order valence-corrected chi connectivity index (χ3v) is 7.05. The van der Waals surface area contributed by atoms with Crippen LogP contribution in [-0.4, -0.2) is 27.9 Å². The number of hydrogen-bond acceptors (Lipinski definition) is 7. The minimum absolute atomic E-state index is 0.160. The molecule has 0 aliphatic rings. The molecular formula is C18H15ClN6O2S2. The molecule has 0 aliphatic carbocycles. The number of nitrogens with zero attached hydrogens (tertiary/aromatic N) is 4. The van der Waals surface area contributed by atoms with E-state index in [2.05, 4.69) is 25.0 Å². The summed E-state index contributed by atoms with van der Waals surface area (Å²) in [4.78, 5) is 12.7. The highest BCUT2D eigenvalue weighted by atomic mass is 35.5. The number of hydrogen-bond donors (Lipinski definition) is 2. The predicted molar refractivity (Wildman–Crippen MR) is 114 cm³/mol. The molecule has 0 fully saturated rings. The fraction of sp³-hybridized carbons (Fsp3) is 0.0556. The second kappa shape index (κ2) is 7.82. The molecule has 4 aromatic rings. The van der Waals surface area contributed by atoms with Crippen LogP contribution in [0, 0.1) is 6.92 Å². The average Bonchev–Trinajstić information content (AvgIpc) is 3.32. The van der Waals surface area contributed by atoms with Gasteiger partial charge in [0.1, 0.15) is 28.0 Å². The summed E-state index contributed by atoms with van der Waals surface area (Å²) in [5.41, 5.74) is 1.19. The number of aryl methyl sites for hydroxylation is 1. The lowest BCUT2D eigenvalue weighted by Crippen LogP contribution is -2.11. The van der Waals surface area contributed by atoms with Gasteiger partial charge in [-0.05, 0) is 43.3 Å². The number of sulfonamides is 1. The Kier molecular flexibility index (Phi) is 5.22. The Labute approximate surface area is 176 Å². The summed E-state index contributed by atoms with van der Waals surface area (Å²) >= 11 is 6.82. The van der Waals surface area contributed by atoms with Gasteiger partial charge in [0, 0.05) is 29.8 Å². The first kappa shape index (κ1) is 19.4. The zero-order chi connectivity index (χ0) is 20.4. The van der Waals surface area contributed by atoms with Crippen molar-refractivity contribution in [3.8, 4) is 5.82 Å². The van der Waals surface area contributed by atoms with Gasteiger partial charge in [0.2, 0.25) is 0 Å². The maximum atomic E-state index is 12.4. The van der Waals surface area contributed by atoms with Gasteiger partial charge in [0.05, 0.1) is 4.34 Å². The van der Waals surface area contributed by atoms with Gasteiger partial charge in [0.25, 0.3) is 10.0 Å². The van der Waals surface area contributed by atoms with Crippen LogP contribution < -0.4 is 10.0 Å². The van der Waals surface area contributed by atoms with Gasteiger partial charge in [0.15, 0.2) is 0 Å². The van der Waals surface area contributed by atoms with E-state index in [1.165, 1.54) is 12.4 Å². The molecule has 4 rings (SSSR count). The summed E-state index contributed by atoms with van der Waals surface area (Å²) in [6.07, 6.45) is 4.99. The SMILES string of the molecule is Cc1nccn1-c1cc(Nc2ccc(NS(=O)(=O)c3ccc(Cl)s3)cc2)ncn1. The first-order chi connectivity index (χ1) is 13.9. The molecule has 8 nitrogen and oxygen atoms in total. The van der Waals surface area contributed by atoms with Crippen LogP contribution in [0.15, 0.2) is 65.4 Å². The van der Waals surface area contributed by atoms with Crippen LogP contribution in [0.4, 0.5) is 17.2 Å². The molecule has 0 spiro atoms. The van der Waals surface area contributed by atoms with Crippen LogP contribution in [0.2, 0.25) is 4.34 Å². The lowest BCUT2D eigenvalue weighted by molar-refractivity contribution is 0.603. The number of benzene rings is 1. The summed E-state index contributed by atoms with van der Waals surface area (Å²) in [7, 11) is -3.66. The smallest absolute Gasteiger partial charge is 0.271 e. The third-order valence-electron chi connectivity index (χ3n) is 3.95. The Balaban J connectivity index is 1.48. The van der Waals surface area contributed by atoms with Gasteiger partial charge >= 0.3 is 0 Å². The van der Waals surface area contributed by atoms with Crippen molar-refractivity contribution in [2.45, 2.75) is 11.1 Å². The number of anilines is 3. The van der Waals surface area contributed by atoms with Crippen molar-refractivity contribution in [1.82, 2.24) is 19.5 Å². The van der Waals surface area contributed by atoms with E-state index in [1.807, 2.05) is 17.7 Å². The molecule has 0 unspecified atom stereocenters. The molecule has 11 heteroatoms. The van der Waals surface area contributed by atoms with E-state index in [0.29, 0.717) is 21.7 Å². The summed E-state index contributed by atoms with van der Waals surface area (Å²) in [5, 5.41) is 3.17. The van der Waals surface area contributed by atoms with Crippen molar-refractivity contribution >= 4 is 50.2 Å². The monoisotopic (exact) mass is 446 g/mol. The van der Waals surface area contributed by atoms with Crippen molar-refractivity contribution in [2.75, 3.05) is 10.0 Å². The summed E-state index contributed by atoms with van der Waals surface area (Å²) in [5.74, 6) is 2.11. The van der Waals surface area contributed by atoms with E-state index in [1.54, 1.807) is 42.6 Å². The fourth-order valence-electron chi connectivity index (χ4n) is 2.58. The topological polar surface area (TPSA) is 102 Å². The van der Waals surface area contributed by atoms with E-state index in [0.717, 1.165) is 22.8 Å². The molecule has 29 heavy (non-hydrogen) atoms. The van der Waals surface area contributed by atoms with Gasteiger partial charge < -0.3 is 5.32 Å². The van der Waals surface area contributed by atoms with E-state index < -0.39 is 10.0 Å². The summed E-state index contributed by atoms with van der Waals surface area (Å²) in [6.45, 7) is 1.89. The van der Waals surface area contributed by atoms with Gasteiger partial charge in [-0.25, -0.2) is 23.4 Å². The zero-order valence-corrected chi connectivity index (χ0v) is 17.5. The minimum atomic E-state index is -3.66. The largest absolute Gasteiger partial charge is 0.340 e. The van der Waals surface area contributed by atoms with Crippen molar-refractivity contribution in [3.05, 3.63) is 71.3 Å². The normalized spacial score (nSPS) is 11.4. The Hall–Kier alpha value is -2.95. The van der Waals surface area contributed by atoms with Gasteiger partial charge in [-0.1, -0.05) is 11.6 Å². The number of thiophene rings is 1. The highest BCUT2D eigenvalue weighted by Crippen LogP contribution is 2.27. The van der Waals surface area contributed by atoms with Gasteiger partial charge in [-0.15, -0.1) is 11.3 Å². The average molecular weight is 447 g/mol. The van der Waals surface area contributed by atoms with Crippen molar-refractivity contribution < 1.29 is 8.42 Å². The van der Waals surface area contributed by atoms with E-state index >= 15 is 0 Å². The number of aromatic nitrogens is 4. The number of nitrogens with one attached hydrogen (secondary N) is 2. The maximum absolute atomic E-state index is 12.4. The maximum Gasteiger partial charge on any atom is 0.271 e. The molecule has 0 saturated heterocycles. The molecule has 0 radical (unpaired) electrons. The molecule has 0 aliphatic heterocycles. The highest BCUT2D eigenvalue weighted by molar-refractivity contribution is 7.94. The van der Waals surface area contributed by atoms with E-state index in [4.69, 9.17) is 11.6 Å². The van der Waals surface area contributed by atoms with Crippen LogP contribution >= 0.6 is 22.9 Å². The standard InChI is InChI=1S/C18H15ClN6O2S2/c1-12-20-8-9-25(12)17-10-16(21-11-22-17)23-13-2-4-14(5-3-13)24-29(26,27)18-7-6-15(19)28-18/h2-11,24H,1H3,(H,21,22,23). The van der Waals surface area contributed by atoms with Crippen molar-refractivity contribution in [1.29, 1.82) is 0 Å². The van der Waals surface area contributed by atoms with Gasteiger partial charge in [-0.3, -0.25) is 9.29 Å². The van der Waals surface area contributed by atoms with Crippen molar-refractivity contribution in [2.24, 2.45) is 0 Å². The number of rotatable bonds is 6. The van der Waals surface area contributed by atoms with E-state index in [-0.39, 0.29) is 4.21 Å². The van der Waals surface area contributed by atoms with Crippen LogP contribution in [0.25, 0.3) is 5.82 Å². The molecule has 148 valence electrons. The summed E-state index contributed by atoms with van der Waals surface area (Å²) in [6, 6.07) is 11.7. The molecule has 1 aromatic carbocycles. The highest BCUT2D eigenvalue weighted by Gasteiger charge is 2.16. The quantitative estimate of drug-likeness (QED) is 0.459.